The Morgan fingerprint density at radius 3 is 2.33 bits per heavy atom. The van der Waals surface area contributed by atoms with Gasteiger partial charge < -0.3 is 10.6 Å². The molecule has 0 saturated carbocycles. The Morgan fingerprint density at radius 2 is 1.76 bits per heavy atom. The number of hydrogen-bond acceptors (Lipinski definition) is 2. The van der Waals surface area contributed by atoms with Crippen LogP contribution in [-0.4, -0.2) is 19.1 Å². The first-order valence-electron chi connectivity index (χ1n) is 6.89. The number of anilines is 1. The number of nitrogens with zero attached hydrogens (tertiary/aromatic N) is 1. The number of likely N-dealkylation sites (N-methyl/N-ethyl adjacent to an activating group) is 1. The number of hydrogen-bond donors (Lipinski definition) is 1. The Bertz CT molecular complexity index is 600. The summed E-state index contributed by atoms with van der Waals surface area (Å²) in [6.07, 6.45) is 0.752. The van der Waals surface area contributed by atoms with Gasteiger partial charge >= 0.3 is 0 Å². The molecule has 0 bridgehead atoms. The van der Waals surface area contributed by atoms with E-state index in [1.807, 2.05) is 30.1 Å². The Hall–Kier alpha value is -1.39. The van der Waals surface area contributed by atoms with Gasteiger partial charge in [-0.1, -0.05) is 40.2 Å². The summed E-state index contributed by atoms with van der Waals surface area (Å²) < 4.78 is 15.1. The summed E-state index contributed by atoms with van der Waals surface area (Å²) in [5.41, 5.74) is 7.40. The molecule has 21 heavy (non-hydrogen) atoms. The minimum atomic E-state index is -0.351. The quantitative estimate of drug-likeness (QED) is 0.883. The molecule has 0 saturated heterocycles. The first-order valence-corrected chi connectivity index (χ1v) is 7.68. The van der Waals surface area contributed by atoms with Crippen molar-refractivity contribution in [2.24, 2.45) is 5.73 Å². The van der Waals surface area contributed by atoms with Crippen LogP contribution in [0.25, 0.3) is 0 Å². The standard InChI is InChI=1S/C17H20BrFN2/c1-17(12-20,11-13-7-9-14(18)10-8-13)21(2)16-6-4-3-5-15(16)19/h3-10H,11-12,20H2,1-2H3. The van der Waals surface area contributed by atoms with Gasteiger partial charge in [0.1, 0.15) is 5.82 Å². The number of nitrogens with two attached hydrogens (primary N) is 1. The lowest BCUT2D eigenvalue weighted by Gasteiger charge is -2.40. The molecule has 0 spiro atoms. The molecule has 0 aromatic heterocycles. The fourth-order valence-corrected chi connectivity index (χ4v) is 2.65. The van der Waals surface area contributed by atoms with Crippen molar-refractivity contribution in [2.75, 3.05) is 18.5 Å². The van der Waals surface area contributed by atoms with E-state index in [4.69, 9.17) is 5.73 Å². The highest BCUT2D eigenvalue weighted by Crippen LogP contribution is 2.27. The summed E-state index contributed by atoms with van der Waals surface area (Å²) in [7, 11) is 1.89. The van der Waals surface area contributed by atoms with E-state index in [1.54, 1.807) is 12.1 Å². The van der Waals surface area contributed by atoms with Gasteiger partial charge in [-0.15, -0.1) is 0 Å². The molecule has 112 valence electrons. The van der Waals surface area contributed by atoms with Gasteiger partial charge in [-0.05, 0) is 43.2 Å². The Kier molecular flexibility index (Phi) is 5.01. The van der Waals surface area contributed by atoms with E-state index in [0.717, 1.165) is 10.9 Å². The number of benzene rings is 2. The summed E-state index contributed by atoms with van der Waals surface area (Å²) in [5, 5.41) is 0. The summed E-state index contributed by atoms with van der Waals surface area (Å²) in [6, 6.07) is 14.9. The molecule has 1 atom stereocenters. The smallest absolute Gasteiger partial charge is 0.146 e. The maximum atomic E-state index is 14.0. The largest absolute Gasteiger partial charge is 0.365 e. The second-order valence-electron chi connectivity index (χ2n) is 5.51. The highest BCUT2D eigenvalue weighted by Gasteiger charge is 2.29. The highest BCUT2D eigenvalue weighted by molar-refractivity contribution is 9.10. The first-order chi connectivity index (χ1) is 9.96. The van der Waals surface area contributed by atoms with E-state index >= 15 is 0 Å². The van der Waals surface area contributed by atoms with Gasteiger partial charge in [0, 0.05) is 18.1 Å². The van der Waals surface area contributed by atoms with Crippen molar-refractivity contribution in [1.29, 1.82) is 0 Å². The summed E-state index contributed by atoms with van der Waals surface area (Å²) >= 11 is 3.43. The van der Waals surface area contributed by atoms with Crippen molar-refractivity contribution in [1.82, 2.24) is 0 Å². The molecule has 0 heterocycles. The second kappa shape index (κ2) is 6.58. The van der Waals surface area contributed by atoms with Crippen molar-refractivity contribution in [3.8, 4) is 0 Å². The average molecular weight is 351 g/mol. The van der Waals surface area contributed by atoms with Crippen molar-refractivity contribution >= 4 is 21.6 Å². The minimum absolute atomic E-state index is 0.226. The number of halogens is 2. The molecule has 0 aliphatic heterocycles. The molecule has 2 rings (SSSR count). The molecule has 0 aliphatic carbocycles. The van der Waals surface area contributed by atoms with Crippen molar-refractivity contribution < 1.29 is 4.39 Å². The summed E-state index contributed by atoms with van der Waals surface area (Å²) in [5.74, 6) is -0.226. The predicted molar refractivity (Wildman–Crippen MR) is 90.1 cm³/mol. The number of para-hydroxylation sites is 1. The Labute approximate surface area is 133 Å². The normalized spacial score (nSPS) is 13.8. The van der Waals surface area contributed by atoms with Crippen LogP contribution < -0.4 is 10.6 Å². The molecule has 2 aromatic carbocycles. The van der Waals surface area contributed by atoms with Crippen molar-refractivity contribution in [3.05, 3.63) is 64.4 Å². The zero-order valence-electron chi connectivity index (χ0n) is 12.3. The molecule has 0 radical (unpaired) electrons. The minimum Gasteiger partial charge on any atom is -0.365 e. The lowest BCUT2D eigenvalue weighted by molar-refractivity contribution is 0.443. The molecule has 2 N–H and O–H groups in total. The molecular formula is C17H20BrFN2. The Morgan fingerprint density at radius 1 is 1.14 bits per heavy atom. The SMILES string of the molecule is CN(c1ccccc1F)C(C)(CN)Cc1ccc(Br)cc1. The first kappa shape index (κ1) is 16.0. The number of rotatable bonds is 5. The summed E-state index contributed by atoms with van der Waals surface area (Å²) in [6.45, 7) is 2.50. The second-order valence-corrected chi connectivity index (χ2v) is 6.43. The summed E-state index contributed by atoms with van der Waals surface area (Å²) in [4.78, 5) is 1.93. The maximum Gasteiger partial charge on any atom is 0.146 e. The van der Waals surface area contributed by atoms with Gasteiger partial charge in [0.15, 0.2) is 0 Å². The van der Waals surface area contributed by atoms with E-state index in [9.17, 15) is 4.39 Å². The molecular weight excluding hydrogens is 331 g/mol. The molecule has 4 heteroatoms. The van der Waals surface area contributed by atoms with Crippen LogP contribution >= 0.6 is 15.9 Å². The third-order valence-electron chi connectivity index (χ3n) is 3.96. The monoisotopic (exact) mass is 350 g/mol. The van der Waals surface area contributed by atoms with Crippen LogP contribution in [0.1, 0.15) is 12.5 Å². The molecule has 0 fully saturated rings. The molecule has 0 amide bonds. The van der Waals surface area contributed by atoms with E-state index in [0.29, 0.717) is 12.2 Å². The molecule has 2 aromatic rings. The zero-order chi connectivity index (χ0) is 15.5. The van der Waals surface area contributed by atoms with E-state index in [-0.39, 0.29) is 11.4 Å². The maximum absolute atomic E-state index is 14.0. The van der Waals surface area contributed by atoms with E-state index in [1.165, 1.54) is 11.6 Å². The van der Waals surface area contributed by atoms with Gasteiger partial charge in [0.05, 0.1) is 11.2 Å². The third-order valence-corrected chi connectivity index (χ3v) is 4.49. The van der Waals surface area contributed by atoms with Crippen LogP contribution in [0.15, 0.2) is 53.0 Å². The van der Waals surface area contributed by atoms with Gasteiger partial charge in [0.25, 0.3) is 0 Å². The highest BCUT2D eigenvalue weighted by atomic mass is 79.9. The van der Waals surface area contributed by atoms with Crippen LogP contribution in [0.5, 0.6) is 0 Å². The van der Waals surface area contributed by atoms with Crippen molar-refractivity contribution in [2.45, 2.75) is 18.9 Å². The average Bonchev–Trinajstić information content (AvgIpc) is 2.49. The fraction of sp³-hybridized carbons (Fsp3) is 0.294. The lowest BCUT2D eigenvalue weighted by Crippen LogP contribution is -2.52. The van der Waals surface area contributed by atoms with Crippen molar-refractivity contribution in [3.63, 3.8) is 0 Å². The van der Waals surface area contributed by atoms with Crippen LogP contribution in [0, 0.1) is 5.82 Å². The zero-order valence-corrected chi connectivity index (χ0v) is 13.9. The molecule has 0 aliphatic rings. The predicted octanol–water partition coefficient (Wildman–Crippen LogP) is 3.98. The van der Waals surface area contributed by atoms with Gasteiger partial charge in [-0.25, -0.2) is 4.39 Å². The fourth-order valence-electron chi connectivity index (χ4n) is 2.38. The van der Waals surface area contributed by atoms with E-state index < -0.39 is 0 Å². The van der Waals surface area contributed by atoms with Gasteiger partial charge in [-0.2, -0.15) is 0 Å². The van der Waals surface area contributed by atoms with Crippen LogP contribution in [0.2, 0.25) is 0 Å². The third kappa shape index (κ3) is 3.63. The van der Waals surface area contributed by atoms with Crippen LogP contribution in [0.4, 0.5) is 10.1 Å². The lowest BCUT2D eigenvalue weighted by atomic mass is 9.90. The van der Waals surface area contributed by atoms with Crippen LogP contribution in [0.3, 0.4) is 0 Å². The Balaban J connectivity index is 2.28. The van der Waals surface area contributed by atoms with Gasteiger partial charge in [-0.3, -0.25) is 0 Å². The topological polar surface area (TPSA) is 29.3 Å². The van der Waals surface area contributed by atoms with E-state index in [2.05, 4.69) is 35.0 Å². The van der Waals surface area contributed by atoms with Gasteiger partial charge in [0.2, 0.25) is 0 Å². The molecule has 2 nitrogen and oxygen atoms in total. The van der Waals surface area contributed by atoms with Crippen LogP contribution in [-0.2, 0) is 6.42 Å². The molecule has 1 unspecified atom stereocenters.